The number of hydrogen-bond donors (Lipinski definition) is 1. The van der Waals surface area contributed by atoms with Gasteiger partial charge in [-0.05, 0) is 24.6 Å². The highest BCUT2D eigenvalue weighted by Gasteiger charge is 2.16. The van der Waals surface area contributed by atoms with Gasteiger partial charge in [0.1, 0.15) is 6.61 Å². The number of nitriles is 1. The Hall–Kier alpha value is -2.88. The molecule has 0 aliphatic heterocycles. The standard InChI is InChI=1S/C12H10N2O5/c1-8(4-12(15)16)7-19-11-3-2-9(6-13)5-10(11)14(17)18/h2-5H,7H2,1H3,(H,15,16). The third kappa shape index (κ3) is 4.12. The first kappa shape index (κ1) is 14.2. The molecule has 0 spiro atoms. The van der Waals surface area contributed by atoms with Crippen LogP contribution in [-0.2, 0) is 4.79 Å². The Bertz CT molecular complexity index is 586. The zero-order valence-corrected chi connectivity index (χ0v) is 9.99. The third-order valence-corrected chi connectivity index (χ3v) is 2.11. The number of benzene rings is 1. The van der Waals surface area contributed by atoms with Gasteiger partial charge in [-0.3, -0.25) is 10.1 Å². The van der Waals surface area contributed by atoms with Crippen LogP contribution < -0.4 is 4.74 Å². The highest BCUT2D eigenvalue weighted by molar-refractivity contribution is 5.80. The van der Waals surface area contributed by atoms with Gasteiger partial charge in [0, 0.05) is 12.1 Å². The van der Waals surface area contributed by atoms with Crippen LogP contribution in [0.15, 0.2) is 29.8 Å². The van der Waals surface area contributed by atoms with Crippen LogP contribution in [0.3, 0.4) is 0 Å². The van der Waals surface area contributed by atoms with Crippen LogP contribution in [-0.4, -0.2) is 22.6 Å². The minimum absolute atomic E-state index is 0.0119. The van der Waals surface area contributed by atoms with Gasteiger partial charge in [0.2, 0.25) is 0 Å². The highest BCUT2D eigenvalue weighted by Crippen LogP contribution is 2.28. The van der Waals surface area contributed by atoms with Crippen LogP contribution in [0.1, 0.15) is 12.5 Å². The number of aliphatic carboxylic acids is 1. The van der Waals surface area contributed by atoms with E-state index in [0.29, 0.717) is 5.57 Å². The van der Waals surface area contributed by atoms with Crippen LogP contribution >= 0.6 is 0 Å². The van der Waals surface area contributed by atoms with Gasteiger partial charge in [-0.15, -0.1) is 0 Å². The molecule has 0 unspecified atom stereocenters. The number of nitro groups is 1. The van der Waals surface area contributed by atoms with Crippen molar-refractivity contribution in [1.82, 2.24) is 0 Å². The van der Waals surface area contributed by atoms with E-state index in [9.17, 15) is 14.9 Å². The molecule has 0 bridgehead atoms. The van der Waals surface area contributed by atoms with E-state index in [4.69, 9.17) is 15.1 Å². The maximum absolute atomic E-state index is 10.8. The lowest BCUT2D eigenvalue weighted by Gasteiger charge is -2.06. The van der Waals surface area contributed by atoms with Crippen LogP contribution in [0.4, 0.5) is 5.69 Å². The molecule has 7 nitrogen and oxygen atoms in total. The SMILES string of the molecule is CC(=CC(=O)O)COc1ccc(C#N)cc1[N+](=O)[O-]. The summed E-state index contributed by atoms with van der Waals surface area (Å²) in [5.41, 5.74) is 0.227. The number of nitrogens with zero attached hydrogens (tertiary/aromatic N) is 2. The average molecular weight is 262 g/mol. The minimum atomic E-state index is -1.12. The summed E-state index contributed by atoms with van der Waals surface area (Å²) in [6.45, 7) is 1.45. The first-order valence-electron chi connectivity index (χ1n) is 5.15. The molecule has 1 N–H and O–H groups in total. The summed E-state index contributed by atoms with van der Waals surface area (Å²) in [6, 6.07) is 5.59. The van der Waals surface area contributed by atoms with Crippen LogP contribution in [0, 0.1) is 21.4 Å². The second kappa shape index (κ2) is 6.16. The maximum Gasteiger partial charge on any atom is 0.328 e. The quantitative estimate of drug-likeness (QED) is 0.492. The van der Waals surface area contributed by atoms with E-state index in [1.54, 1.807) is 6.07 Å². The van der Waals surface area contributed by atoms with Crippen molar-refractivity contribution < 1.29 is 19.6 Å². The summed E-state index contributed by atoms with van der Waals surface area (Å²) < 4.78 is 5.18. The number of ether oxygens (including phenoxy) is 1. The number of carboxylic acid groups (broad SMARTS) is 1. The number of carboxylic acids is 1. The van der Waals surface area contributed by atoms with Gasteiger partial charge in [-0.1, -0.05) is 0 Å². The van der Waals surface area contributed by atoms with E-state index >= 15 is 0 Å². The lowest BCUT2D eigenvalue weighted by Crippen LogP contribution is -2.03. The molecule has 19 heavy (non-hydrogen) atoms. The topological polar surface area (TPSA) is 113 Å². The van der Waals surface area contributed by atoms with Gasteiger partial charge in [-0.2, -0.15) is 5.26 Å². The number of rotatable bonds is 5. The monoisotopic (exact) mass is 262 g/mol. The van der Waals surface area contributed by atoms with Gasteiger partial charge >= 0.3 is 11.7 Å². The molecule has 0 saturated heterocycles. The largest absolute Gasteiger partial charge is 0.482 e. The third-order valence-electron chi connectivity index (χ3n) is 2.11. The number of nitro benzene ring substituents is 1. The molecule has 0 atom stereocenters. The minimum Gasteiger partial charge on any atom is -0.482 e. The lowest BCUT2D eigenvalue weighted by atomic mass is 10.2. The van der Waals surface area contributed by atoms with Crippen molar-refractivity contribution in [3.8, 4) is 11.8 Å². The molecule has 0 aliphatic rings. The molecule has 1 aromatic rings. The van der Waals surface area contributed by atoms with Crippen LogP contribution in [0.25, 0.3) is 0 Å². The summed E-state index contributed by atoms with van der Waals surface area (Å²) in [6.07, 6.45) is 0.954. The van der Waals surface area contributed by atoms with Crippen molar-refractivity contribution in [1.29, 1.82) is 5.26 Å². The van der Waals surface area contributed by atoms with Crippen molar-refractivity contribution in [2.24, 2.45) is 0 Å². The van der Waals surface area contributed by atoms with Gasteiger partial charge < -0.3 is 9.84 Å². The van der Waals surface area contributed by atoms with E-state index in [1.165, 1.54) is 19.1 Å². The smallest absolute Gasteiger partial charge is 0.328 e. The van der Waals surface area contributed by atoms with E-state index in [1.807, 2.05) is 0 Å². The average Bonchev–Trinajstić information content (AvgIpc) is 2.35. The van der Waals surface area contributed by atoms with Crippen molar-refractivity contribution in [2.75, 3.05) is 6.61 Å². The van der Waals surface area contributed by atoms with Gasteiger partial charge in [-0.25, -0.2) is 4.79 Å². The normalized spacial score (nSPS) is 10.6. The summed E-state index contributed by atoms with van der Waals surface area (Å²) in [5, 5.41) is 28.0. The van der Waals surface area contributed by atoms with E-state index in [2.05, 4.69) is 0 Å². The summed E-state index contributed by atoms with van der Waals surface area (Å²) in [4.78, 5) is 20.6. The predicted molar refractivity (Wildman–Crippen MR) is 64.7 cm³/mol. The Kier molecular flexibility index (Phi) is 4.60. The molecular formula is C12H10N2O5. The first-order chi connectivity index (χ1) is 8.93. The fourth-order valence-electron chi connectivity index (χ4n) is 1.30. The molecule has 0 amide bonds. The van der Waals surface area contributed by atoms with E-state index in [0.717, 1.165) is 12.1 Å². The van der Waals surface area contributed by atoms with Crippen molar-refractivity contribution in [2.45, 2.75) is 6.92 Å². The molecule has 1 aromatic carbocycles. The number of carbonyl (C=O) groups is 1. The van der Waals surface area contributed by atoms with E-state index < -0.39 is 10.9 Å². The molecule has 0 aliphatic carbocycles. The first-order valence-corrected chi connectivity index (χ1v) is 5.15. The van der Waals surface area contributed by atoms with Crippen molar-refractivity contribution >= 4 is 11.7 Å². The Labute approximate surface area is 108 Å². The number of hydrogen-bond acceptors (Lipinski definition) is 5. The molecule has 0 saturated carbocycles. The molecule has 0 aromatic heterocycles. The summed E-state index contributed by atoms with van der Waals surface area (Å²) in [5.74, 6) is -1.13. The zero-order valence-electron chi connectivity index (χ0n) is 9.99. The Morgan fingerprint density at radius 1 is 1.63 bits per heavy atom. The molecule has 0 radical (unpaired) electrons. The van der Waals surface area contributed by atoms with Crippen molar-refractivity contribution in [3.63, 3.8) is 0 Å². The Balaban J connectivity index is 2.93. The molecule has 0 heterocycles. The van der Waals surface area contributed by atoms with Crippen LogP contribution in [0.2, 0.25) is 0 Å². The molecule has 0 fully saturated rings. The van der Waals surface area contributed by atoms with Crippen molar-refractivity contribution in [3.05, 3.63) is 45.5 Å². The molecule has 7 heteroatoms. The second-order valence-corrected chi connectivity index (χ2v) is 3.67. The van der Waals surface area contributed by atoms with Gasteiger partial charge in [0.05, 0.1) is 16.6 Å². The molecule has 1 rings (SSSR count). The molecular weight excluding hydrogens is 252 g/mol. The van der Waals surface area contributed by atoms with Gasteiger partial charge in [0.25, 0.3) is 0 Å². The summed E-state index contributed by atoms with van der Waals surface area (Å²) >= 11 is 0. The second-order valence-electron chi connectivity index (χ2n) is 3.67. The highest BCUT2D eigenvalue weighted by atomic mass is 16.6. The molecule has 98 valence electrons. The van der Waals surface area contributed by atoms with Crippen LogP contribution in [0.5, 0.6) is 5.75 Å². The predicted octanol–water partition coefficient (Wildman–Crippen LogP) is 1.88. The lowest BCUT2D eigenvalue weighted by molar-refractivity contribution is -0.385. The fraction of sp³-hybridized carbons (Fsp3) is 0.167. The Morgan fingerprint density at radius 2 is 2.32 bits per heavy atom. The van der Waals surface area contributed by atoms with Gasteiger partial charge in [0.15, 0.2) is 5.75 Å². The fourth-order valence-corrected chi connectivity index (χ4v) is 1.30. The maximum atomic E-state index is 10.8. The Morgan fingerprint density at radius 3 is 2.84 bits per heavy atom. The zero-order chi connectivity index (χ0) is 14.4. The summed E-state index contributed by atoms with van der Waals surface area (Å²) in [7, 11) is 0. The van der Waals surface area contributed by atoms with E-state index in [-0.39, 0.29) is 23.6 Å².